The Kier molecular flexibility index (Phi) is 6.59. The monoisotopic (exact) mass is 245 g/mol. The van der Waals surface area contributed by atoms with Crippen LogP contribution in [0.3, 0.4) is 0 Å². The minimum Gasteiger partial charge on any atom is -0.635 e. The lowest BCUT2D eigenvalue weighted by molar-refractivity contribution is 0.422. The largest absolute Gasteiger partial charge is 0.685 e. The van der Waals surface area contributed by atoms with Gasteiger partial charge < -0.3 is 3.79 Å². The highest BCUT2D eigenvalue weighted by molar-refractivity contribution is 7.04. The lowest BCUT2D eigenvalue weighted by Gasteiger charge is -2.21. The van der Waals surface area contributed by atoms with E-state index >= 15 is 0 Å². The van der Waals surface area contributed by atoms with Crippen molar-refractivity contribution in [1.29, 1.82) is 0 Å². The summed E-state index contributed by atoms with van der Waals surface area (Å²) in [5, 5.41) is 0. The molecule has 0 fully saturated rings. The molecule has 0 aromatic heterocycles. The highest BCUT2D eigenvalue weighted by Crippen LogP contribution is 2.30. The Morgan fingerprint density at radius 1 is 1.40 bits per heavy atom. The number of hydrogen-bond donors (Lipinski definition) is 0. The topological polar surface area (TPSA) is 21.6 Å². The second kappa shape index (κ2) is 6.58. The Bertz CT molecular complexity index is 256. The lowest BCUT2D eigenvalue weighted by atomic mass is 10.2. The van der Waals surface area contributed by atoms with Crippen LogP contribution >= 0.6 is 10.0 Å². The van der Waals surface area contributed by atoms with Crippen LogP contribution in [-0.2, 0) is 3.79 Å². The molecule has 2 nitrogen and oxygen atoms in total. The highest BCUT2D eigenvalue weighted by Gasteiger charge is 2.37. The van der Waals surface area contributed by atoms with E-state index in [0.717, 1.165) is 18.0 Å². The molecule has 0 amide bonds. The number of aliphatic imine (C=N–C) groups is 1. The predicted octanol–water partition coefficient (Wildman–Crippen LogP) is 3.91. The van der Waals surface area contributed by atoms with E-state index in [1.165, 1.54) is 0 Å². The summed E-state index contributed by atoms with van der Waals surface area (Å²) in [6.07, 6.45) is 1.94. The van der Waals surface area contributed by atoms with E-state index < -0.39 is 13.6 Å². The van der Waals surface area contributed by atoms with Crippen LogP contribution in [0.5, 0.6) is 0 Å². The van der Waals surface area contributed by atoms with Gasteiger partial charge in [-0.05, 0) is 31.1 Å². The minimum absolute atomic E-state index is 0.0759. The van der Waals surface area contributed by atoms with Crippen molar-refractivity contribution in [1.82, 2.24) is 0 Å². The number of allylic oxidation sites excluding steroid dienone is 2. The second-order valence-corrected chi connectivity index (χ2v) is 8.46. The molecule has 0 aliphatic rings. The third-order valence-electron chi connectivity index (χ3n) is 1.79. The van der Waals surface area contributed by atoms with Crippen LogP contribution in [0.25, 0.3) is 0 Å². The van der Waals surface area contributed by atoms with Gasteiger partial charge in [-0.3, -0.25) is 4.99 Å². The first kappa shape index (κ1) is 15.0. The van der Waals surface area contributed by atoms with Crippen molar-refractivity contribution < 1.29 is 3.79 Å². The molecule has 0 atom stereocenters. The average molecular weight is 246 g/mol. The summed E-state index contributed by atoms with van der Waals surface area (Å²) in [4.78, 5) is 4.27. The SMILES string of the molecule is CCN=C(C)/C=C(/C)[O][Al]([Cl])[C](C)(C)C. The van der Waals surface area contributed by atoms with Gasteiger partial charge in [0.25, 0.3) is 0 Å². The van der Waals surface area contributed by atoms with Gasteiger partial charge in [-0.15, -0.1) is 0 Å². The van der Waals surface area contributed by atoms with Crippen molar-refractivity contribution in [3.05, 3.63) is 11.8 Å². The van der Waals surface area contributed by atoms with Crippen molar-refractivity contribution in [3.63, 3.8) is 0 Å². The fourth-order valence-corrected chi connectivity index (χ4v) is 2.13. The van der Waals surface area contributed by atoms with E-state index in [4.69, 9.17) is 13.8 Å². The van der Waals surface area contributed by atoms with Crippen LogP contribution in [0.4, 0.5) is 0 Å². The smallest absolute Gasteiger partial charge is 0.635 e. The maximum atomic E-state index is 6.25. The van der Waals surface area contributed by atoms with E-state index in [0.29, 0.717) is 0 Å². The zero-order valence-corrected chi connectivity index (χ0v) is 12.5. The van der Waals surface area contributed by atoms with Crippen LogP contribution in [0.1, 0.15) is 41.5 Å². The normalized spacial score (nSPS) is 14.1. The molecule has 0 aromatic carbocycles. The standard InChI is InChI=1S/C7H13NO.C4H9.Al.ClH/c1-4-8-6(2)5-7(3)9;1-4(2)3;;/h5,9H,4H2,1-3H3;1-3H3;;1H/q;;+2;/p-2/b7-5-,8-6?;;;. The van der Waals surface area contributed by atoms with Crippen LogP contribution in [-0.4, -0.2) is 25.8 Å². The van der Waals surface area contributed by atoms with E-state index in [-0.39, 0.29) is 4.28 Å². The van der Waals surface area contributed by atoms with Crippen molar-refractivity contribution in [2.45, 2.75) is 45.8 Å². The summed E-state index contributed by atoms with van der Waals surface area (Å²) in [6.45, 7) is 13.0. The van der Waals surface area contributed by atoms with Crippen molar-refractivity contribution >= 4 is 29.3 Å². The molecule has 0 heterocycles. The maximum Gasteiger partial charge on any atom is 0.685 e. The molecule has 0 aliphatic carbocycles. The molecule has 0 rings (SSSR count). The molecule has 0 saturated heterocycles. The molecule has 0 aliphatic heterocycles. The van der Waals surface area contributed by atoms with Gasteiger partial charge in [0.1, 0.15) is 0 Å². The second-order valence-electron chi connectivity index (χ2n) is 4.67. The Labute approximate surface area is 102 Å². The molecule has 0 unspecified atom stereocenters. The fraction of sp³-hybridized carbons (Fsp3) is 0.727. The summed E-state index contributed by atoms with van der Waals surface area (Å²) in [5.41, 5.74) is 0.988. The lowest BCUT2D eigenvalue weighted by Crippen LogP contribution is -2.22. The summed E-state index contributed by atoms with van der Waals surface area (Å²) in [6, 6.07) is 0. The van der Waals surface area contributed by atoms with Gasteiger partial charge in [0.15, 0.2) is 0 Å². The summed E-state index contributed by atoms with van der Waals surface area (Å²) < 4.78 is 5.79. The molecule has 15 heavy (non-hydrogen) atoms. The quantitative estimate of drug-likeness (QED) is 0.418. The van der Waals surface area contributed by atoms with Crippen LogP contribution in [0.2, 0.25) is 4.28 Å². The highest BCUT2D eigenvalue weighted by atomic mass is 35.6. The first-order chi connectivity index (χ1) is 6.77. The molecule has 0 bridgehead atoms. The van der Waals surface area contributed by atoms with Gasteiger partial charge in [-0.1, -0.05) is 20.8 Å². The Morgan fingerprint density at radius 3 is 2.33 bits per heavy atom. The minimum atomic E-state index is -1.68. The number of rotatable bonds is 4. The van der Waals surface area contributed by atoms with Crippen LogP contribution in [0, 0.1) is 0 Å². The van der Waals surface area contributed by atoms with E-state index in [2.05, 4.69) is 25.8 Å². The van der Waals surface area contributed by atoms with Crippen LogP contribution in [0.15, 0.2) is 16.8 Å². The Balaban J connectivity index is 4.37. The van der Waals surface area contributed by atoms with Gasteiger partial charge in [-0.2, -0.15) is 0 Å². The molecule has 86 valence electrons. The zero-order chi connectivity index (χ0) is 12.1. The van der Waals surface area contributed by atoms with Gasteiger partial charge >= 0.3 is 13.6 Å². The van der Waals surface area contributed by atoms with Crippen molar-refractivity contribution in [2.24, 2.45) is 4.99 Å². The molecule has 0 spiro atoms. The molecule has 0 aromatic rings. The number of halogens is 1. The van der Waals surface area contributed by atoms with Gasteiger partial charge in [0.2, 0.25) is 0 Å². The molecular weight excluding hydrogens is 225 g/mol. The fourth-order valence-electron chi connectivity index (χ4n) is 0.963. The van der Waals surface area contributed by atoms with Gasteiger partial charge in [0, 0.05) is 12.3 Å². The number of nitrogens with zero attached hydrogens (tertiary/aromatic N) is 1. The summed E-state index contributed by atoms with van der Waals surface area (Å²) in [7, 11) is 6.25. The molecule has 0 saturated carbocycles. The molecule has 0 radical (unpaired) electrons. The van der Waals surface area contributed by atoms with Gasteiger partial charge in [0.05, 0.1) is 5.76 Å². The first-order valence-corrected chi connectivity index (χ1v) is 8.07. The molecule has 4 heteroatoms. The Morgan fingerprint density at radius 2 is 1.93 bits per heavy atom. The summed E-state index contributed by atoms with van der Waals surface area (Å²) in [5.74, 6) is 0.867. The molecule has 0 N–H and O–H groups in total. The average Bonchev–Trinajstić information content (AvgIpc) is 2.01. The maximum absolute atomic E-state index is 6.25. The first-order valence-electron chi connectivity index (χ1n) is 5.27. The predicted molar refractivity (Wildman–Crippen MR) is 69.8 cm³/mol. The summed E-state index contributed by atoms with van der Waals surface area (Å²) >= 11 is -1.68. The van der Waals surface area contributed by atoms with Crippen molar-refractivity contribution in [2.75, 3.05) is 6.54 Å². The molecular formula is C11H21AlClNO. The third-order valence-corrected chi connectivity index (χ3v) is 5.96. The Hall–Kier alpha value is 0.0325. The van der Waals surface area contributed by atoms with E-state index in [1.54, 1.807) is 0 Å². The zero-order valence-electron chi connectivity index (χ0n) is 10.6. The van der Waals surface area contributed by atoms with Crippen LogP contribution < -0.4 is 0 Å². The third kappa shape index (κ3) is 7.00. The van der Waals surface area contributed by atoms with Crippen molar-refractivity contribution in [3.8, 4) is 0 Å². The van der Waals surface area contributed by atoms with E-state index in [1.807, 2.05) is 26.8 Å². The van der Waals surface area contributed by atoms with E-state index in [9.17, 15) is 0 Å². The number of hydrogen-bond acceptors (Lipinski definition) is 2. The van der Waals surface area contributed by atoms with Gasteiger partial charge in [-0.25, -0.2) is 10.0 Å².